The van der Waals surface area contributed by atoms with Crippen LogP contribution >= 0.6 is 11.6 Å². The molecule has 0 radical (unpaired) electrons. The lowest BCUT2D eigenvalue weighted by molar-refractivity contribution is -0.123. The van der Waals surface area contributed by atoms with Gasteiger partial charge in [-0.05, 0) is 12.8 Å². The van der Waals surface area contributed by atoms with Crippen molar-refractivity contribution in [2.75, 3.05) is 32.6 Å². The van der Waals surface area contributed by atoms with Gasteiger partial charge in [-0.3, -0.25) is 14.5 Å². The van der Waals surface area contributed by atoms with Gasteiger partial charge < -0.3 is 10.6 Å². The molecule has 0 atom stereocenters. The van der Waals surface area contributed by atoms with Gasteiger partial charge in [-0.2, -0.15) is 0 Å². The zero-order chi connectivity index (χ0) is 12.0. The monoisotopic (exact) mass is 247 g/mol. The van der Waals surface area contributed by atoms with Gasteiger partial charge in [0, 0.05) is 26.2 Å². The van der Waals surface area contributed by atoms with Crippen LogP contribution in [0.4, 0.5) is 0 Å². The van der Waals surface area contributed by atoms with E-state index in [1.165, 1.54) is 0 Å². The zero-order valence-corrected chi connectivity index (χ0v) is 10.2. The third-order valence-corrected chi connectivity index (χ3v) is 2.96. The molecule has 1 aliphatic rings. The lowest BCUT2D eigenvalue weighted by atomic mass is 10.1. The molecule has 1 fully saturated rings. The maximum absolute atomic E-state index is 11.1. The Kier molecular flexibility index (Phi) is 5.55. The van der Waals surface area contributed by atoms with E-state index < -0.39 is 0 Å². The maximum Gasteiger partial charge on any atom is 0.235 e. The number of hydrogen-bond donors (Lipinski definition) is 2. The molecular weight excluding hydrogens is 230 g/mol. The lowest BCUT2D eigenvalue weighted by Gasteiger charge is -2.31. The van der Waals surface area contributed by atoms with Crippen molar-refractivity contribution in [1.82, 2.24) is 15.5 Å². The van der Waals surface area contributed by atoms with Crippen LogP contribution in [0.15, 0.2) is 0 Å². The smallest absolute Gasteiger partial charge is 0.235 e. The minimum Gasteiger partial charge on any atom is -0.358 e. The van der Waals surface area contributed by atoms with Crippen molar-refractivity contribution in [3.05, 3.63) is 0 Å². The Hall–Kier alpha value is -0.810. The summed E-state index contributed by atoms with van der Waals surface area (Å²) in [5, 5.41) is 5.46. The SMILES string of the molecule is CNC(=O)CN1CCC(NC(=O)CCl)CC1. The van der Waals surface area contributed by atoms with Crippen LogP contribution in [0.2, 0.25) is 0 Å². The molecule has 1 aliphatic heterocycles. The van der Waals surface area contributed by atoms with Crippen molar-refractivity contribution in [2.24, 2.45) is 0 Å². The highest BCUT2D eigenvalue weighted by atomic mass is 35.5. The van der Waals surface area contributed by atoms with E-state index in [4.69, 9.17) is 11.6 Å². The van der Waals surface area contributed by atoms with Crippen LogP contribution in [0.1, 0.15) is 12.8 Å². The topological polar surface area (TPSA) is 61.4 Å². The van der Waals surface area contributed by atoms with E-state index in [-0.39, 0.29) is 23.7 Å². The number of rotatable bonds is 4. The number of alkyl halides is 1. The summed E-state index contributed by atoms with van der Waals surface area (Å²) >= 11 is 5.41. The predicted molar refractivity (Wildman–Crippen MR) is 62.4 cm³/mol. The second-order valence-electron chi connectivity index (χ2n) is 3.92. The molecule has 0 aromatic heterocycles. The average Bonchev–Trinajstić information content (AvgIpc) is 2.31. The van der Waals surface area contributed by atoms with Gasteiger partial charge in [0.25, 0.3) is 0 Å². The molecule has 1 saturated heterocycles. The van der Waals surface area contributed by atoms with Crippen LogP contribution in [0, 0.1) is 0 Å². The molecule has 0 aromatic carbocycles. The first-order valence-corrected chi connectivity index (χ1v) is 5.97. The molecule has 1 rings (SSSR count). The summed E-state index contributed by atoms with van der Waals surface area (Å²) < 4.78 is 0. The number of halogens is 1. The molecule has 1 heterocycles. The normalized spacial score (nSPS) is 18.1. The second-order valence-corrected chi connectivity index (χ2v) is 4.19. The second kappa shape index (κ2) is 6.70. The van der Waals surface area contributed by atoms with Gasteiger partial charge in [0.15, 0.2) is 0 Å². The number of likely N-dealkylation sites (tertiary alicyclic amines) is 1. The van der Waals surface area contributed by atoms with Crippen molar-refractivity contribution in [1.29, 1.82) is 0 Å². The minimum atomic E-state index is -0.119. The number of nitrogens with zero attached hydrogens (tertiary/aromatic N) is 1. The minimum absolute atomic E-state index is 0.0124. The molecule has 0 bridgehead atoms. The highest BCUT2D eigenvalue weighted by Crippen LogP contribution is 2.09. The Morgan fingerprint density at radius 1 is 1.31 bits per heavy atom. The van der Waals surface area contributed by atoms with Gasteiger partial charge >= 0.3 is 0 Å². The molecule has 92 valence electrons. The highest BCUT2D eigenvalue weighted by Gasteiger charge is 2.21. The van der Waals surface area contributed by atoms with Crippen molar-refractivity contribution >= 4 is 23.4 Å². The maximum atomic E-state index is 11.1. The number of carbonyl (C=O) groups excluding carboxylic acids is 2. The first-order chi connectivity index (χ1) is 7.65. The van der Waals surface area contributed by atoms with E-state index in [0.717, 1.165) is 25.9 Å². The molecule has 0 aromatic rings. The zero-order valence-electron chi connectivity index (χ0n) is 9.46. The summed E-state index contributed by atoms with van der Waals surface area (Å²) in [6, 6.07) is 0.201. The number of likely N-dealkylation sites (N-methyl/N-ethyl adjacent to an activating group) is 1. The summed E-state index contributed by atoms with van der Waals surface area (Å²) in [5.74, 6) is -0.0759. The molecule has 0 spiro atoms. The van der Waals surface area contributed by atoms with Gasteiger partial charge in [0.2, 0.25) is 11.8 Å². The number of nitrogens with one attached hydrogen (secondary N) is 2. The van der Waals surface area contributed by atoms with Crippen molar-refractivity contribution in [3.63, 3.8) is 0 Å². The summed E-state index contributed by atoms with van der Waals surface area (Å²) in [6.45, 7) is 2.11. The Morgan fingerprint density at radius 3 is 2.44 bits per heavy atom. The quantitative estimate of drug-likeness (QED) is 0.662. The van der Waals surface area contributed by atoms with E-state index >= 15 is 0 Å². The Labute approximate surface area is 101 Å². The average molecular weight is 248 g/mol. The largest absolute Gasteiger partial charge is 0.358 e. The first kappa shape index (κ1) is 13.3. The van der Waals surface area contributed by atoms with Crippen molar-refractivity contribution < 1.29 is 9.59 Å². The van der Waals surface area contributed by atoms with Crippen LogP contribution in [0.3, 0.4) is 0 Å². The Balaban J connectivity index is 2.23. The van der Waals surface area contributed by atoms with E-state index in [1.807, 2.05) is 0 Å². The predicted octanol–water partition coefficient (Wildman–Crippen LogP) is -0.448. The lowest BCUT2D eigenvalue weighted by Crippen LogP contribution is -2.47. The molecule has 0 aliphatic carbocycles. The molecular formula is C10H18ClN3O2. The summed E-state index contributed by atoms with van der Waals surface area (Å²) in [6.07, 6.45) is 1.75. The van der Waals surface area contributed by atoms with Gasteiger partial charge in [0.05, 0.1) is 6.54 Å². The standard InChI is InChI=1S/C10H18ClN3O2/c1-12-10(16)7-14-4-2-8(3-5-14)13-9(15)6-11/h8H,2-7H2,1H3,(H,12,16)(H,13,15). The van der Waals surface area contributed by atoms with Crippen LogP contribution in [-0.4, -0.2) is 55.3 Å². The van der Waals surface area contributed by atoms with Crippen LogP contribution in [0.25, 0.3) is 0 Å². The Bertz CT molecular complexity index is 226. The highest BCUT2D eigenvalue weighted by molar-refractivity contribution is 6.27. The molecule has 5 nitrogen and oxygen atoms in total. The molecule has 16 heavy (non-hydrogen) atoms. The Morgan fingerprint density at radius 2 is 1.94 bits per heavy atom. The van der Waals surface area contributed by atoms with Crippen molar-refractivity contribution in [2.45, 2.75) is 18.9 Å². The number of carbonyl (C=O) groups is 2. The summed E-state index contributed by atoms with van der Waals surface area (Å²) in [5.41, 5.74) is 0. The molecule has 2 amide bonds. The van der Waals surface area contributed by atoms with Gasteiger partial charge in [0.1, 0.15) is 5.88 Å². The third-order valence-electron chi connectivity index (χ3n) is 2.72. The van der Waals surface area contributed by atoms with Crippen LogP contribution in [0.5, 0.6) is 0 Å². The fourth-order valence-electron chi connectivity index (χ4n) is 1.78. The molecule has 0 unspecified atom stereocenters. The van der Waals surface area contributed by atoms with E-state index in [1.54, 1.807) is 7.05 Å². The van der Waals surface area contributed by atoms with Crippen LogP contribution < -0.4 is 10.6 Å². The molecule has 0 saturated carbocycles. The van der Waals surface area contributed by atoms with E-state index in [2.05, 4.69) is 15.5 Å². The van der Waals surface area contributed by atoms with E-state index in [9.17, 15) is 9.59 Å². The first-order valence-electron chi connectivity index (χ1n) is 5.44. The third kappa shape index (κ3) is 4.37. The van der Waals surface area contributed by atoms with Crippen molar-refractivity contribution in [3.8, 4) is 0 Å². The number of hydrogen-bond acceptors (Lipinski definition) is 3. The fraction of sp³-hybridized carbons (Fsp3) is 0.800. The molecule has 2 N–H and O–H groups in total. The van der Waals surface area contributed by atoms with Gasteiger partial charge in [-0.25, -0.2) is 0 Å². The van der Waals surface area contributed by atoms with Gasteiger partial charge in [-0.1, -0.05) is 0 Å². The van der Waals surface area contributed by atoms with E-state index in [0.29, 0.717) is 6.54 Å². The summed E-state index contributed by atoms with van der Waals surface area (Å²) in [4.78, 5) is 24.3. The van der Waals surface area contributed by atoms with Crippen LogP contribution in [-0.2, 0) is 9.59 Å². The summed E-state index contributed by atoms with van der Waals surface area (Å²) in [7, 11) is 1.63. The van der Waals surface area contributed by atoms with Gasteiger partial charge in [-0.15, -0.1) is 11.6 Å². The number of amides is 2. The fourth-order valence-corrected chi connectivity index (χ4v) is 1.86. The number of piperidine rings is 1. The molecule has 6 heteroatoms.